The third kappa shape index (κ3) is 4.09. The van der Waals surface area contributed by atoms with E-state index in [-0.39, 0.29) is 16.8 Å². The maximum atomic E-state index is 12.5. The fourth-order valence-electron chi connectivity index (χ4n) is 1.93. The van der Waals surface area contributed by atoms with E-state index in [1.807, 2.05) is 0 Å². The highest BCUT2D eigenvalue weighted by Gasteiger charge is 2.32. The summed E-state index contributed by atoms with van der Waals surface area (Å²) in [6, 6.07) is 0.816. The number of thioether (sulfide) groups is 1. The summed E-state index contributed by atoms with van der Waals surface area (Å²) in [5.41, 5.74) is -0.986. The van der Waals surface area contributed by atoms with Crippen LogP contribution >= 0.6 is 11.8 Å². The van der Waals surface area contributed by atoms with Crippen LogP contribution in [0.25, 0.3) is 0 Å². The second-order valence-corrected chi connectivity index (χ2v) is 5.39. The second-order valence-electron chi connectivity index (χ2n) is 4.45. The highest BCUT2D eigenvalue weighted by atomic mass is 32.2. The number of likely N-dealkylation sites (tertiary alicyclic amines) is 1. The first-order chi connectivity index (χ1) is 9.47. The van der Waals surface area contributed by atoms with Gasteiger partial charge in [0.15, 0.2) is 5.16 Å². The fourth-order valence-corrected chi connectivity index (χ4v) is 2.66. The molecular weight excluding hydrogens is 291 g/mol. The molecule has 0 saturated carbocycles. The number of alkyl halides is 3. The Balaban J connectivity index is 1.92. The minimum atomic E-state index is -4.49. The highest BCUT2D eigenvalue weighted by molar-refractivity contribution is 7.99. The second kappa shape index (κ2) is 6.43. The van der Waals surface area contributed by atoms with Crippen LogP contribution in [0.2, 0.25) is 0 Å². The number of aromatic nitrogens is 2. The van der Waals surface area contributed by atoms with Crippen LogP contribution in [0.3, 0.4) is 0 Å². The van der Waals surface area contributed by atoms with Gasteiger partial charge in [0.2, 0.25) is 5.91 Å². The first-order valence-electron chi connectivity index (χ1n) is 6.27. The van der Waals surface area contributed by atoms with Gasteiger partial charge in [0.25, 0.3) is 0 Å². The zero-order valence-electron chi connectivity index (χ0n) is 10.7. The van der Waals surface area contributed by atoms with Gasteiger partial charge < -0.3 is 4.90 Å². The smallest absolute Gasteiger partial charge is 0.342 e. The summed E-state index contributed by atoms with van der Waals surface area (Å²) in [5.74, 6) is -0.00267. The molecule has 2 heterocycles. The molecule has 8 heteroatoms. The molecule has 1 saturated heterocycles. The standard InChI is InChI=1S/C12H14F3N3OS/c13-12(14,15)9-4-5-16-11(17-9)20-8-10(19)18-6-2-1-3-7-18/h4-5H,1-3,6-8H2. The van der Waals surface area contributed by atoms with Crippen molar-refractivity contribution in [2.24, 2.45) is 0 Å². The monoisotopic (exact) mass is 305 g/mol. The molecule has 1 aliphatic heterocycles. The molecule has 2 rings (SSSR count). The van der Waals surface area contributed by atoms with Gasteiger partial charge in [-0.05, 0) is 25.3 Å². The van der Waals surface area contributed by atoms with Crippen molar-refractivity contribution in [3.8, 4) is 0 Å². The fraction of sp³-hybridized carbons (Fsp3) is 0.583. The van der Waals surface area contributed by atoms with Gasteiger partial charge in [-0.1, -0.05) is 11.8 Å². The van der Waals surface area contributed by atoms with Gasteiger partial charge in [-0.3, -0.25) is 4.79 Å². The molecule has 1 aromatic rings. The number of rotatable bonds is 3. The Kier molecular flexibility index (Phi) is 4.85. The van der Waals surface area contributed by atoms with Crippen molar-refractivity contribution < 1.29 is 18.0 Å². The summed E-state index contributed by atoms with van der Waals surface area (Å²) >= 11 is 0.939. The molecule has 1 fully saturated rings. The molecule has 0 N–H and O–H groups in total. The number of carbonyl (C=O) groups excluding carboxylic acids is 1. The minimum absolute atomic E-state index is 0.0230. The Labute approximate surface area is 118 Å². The van der Waals surface area contributed by atoms with E-state index in [1.165, 1.54) is 0 Å². The van der Waals surface area contributed by atoms with Gasteiger partial charge in [0.1, 0.15) is 5.69 Å². The lowest BCUT2D eigenvalue weighted by Gasteiger charge is -2.26. The summed E-state index contributed by atoms with van der Waals surface area (Å²) in [7, 11) is 0. The van der Waals surface area contributed by atoms with Gasteiger partial charge in [0, 0.05) is 19.3 Å². The third-order valence-corrected chi connectivity index (χ3v) is 3.80. The van der Waals surface area contributed by atoms with Crippen molar-refractivity contribution in [1.29, 1.82) is 0 Å². The summed E-state index contributed by atoms with van der Waals surface area (Å²) in [6.07, 6.45) is -0.348. The number of hydrogen-bond acceptors (Lipinski definition) is 4. The van der Waals surface area contributed by atoms with Gasteiger partial charge in [-0.25, -0.2) is 9.97 Å². The molecule has 1 amide bonds. The average Bonchev–Trinajstić information content (AvgIpc) is 2.45. The van der Waals surface area contributed by atoms with Crippen LogP contribution in [0, 0.1) is 0 Å². The lowest BCUT2D eigenvalue weighted by Crippen LogP contribution is -2.36. The minimum Gasteiger partial charge on any atom is -0.342 e. The number of halogens is 3. The Morgan fingerprint density at radius 1 is 1.30 bits per heavy atom. The van der Waals surface area contributed by atoms with Gasteiger partial charge in [-0.15, -0.1) is 0 Å². The van der Waals surface area contributed by atoms with Crippen molar-refractivity contribution in [3.05, 3.63) is 18.0 Å². The molecule has 0 spiro atoms. The zero-order valence-corrected chi connectivity index (χ0v) is 11.5. The summed E-state index contributed by atoms with van der Waals surface area (Å²) in [5, 5.41) is -0.0230. The van der Waals surface area contributed by atoms with Crippen LogP contribution in [-0.4, -0.2) is 39.6 Å². The van der Waals surface area contributed by atoms with Crippen LogP contribution in [-0.2, 0) is 11.0 Å². The number of carbonyl (C=O) groups is 1. The van der Waals surface area contributed by atoms with Crippen molar-refractivity contribution >= 4 is 17.7 Å². The van der Waals surface area contributed by atoms with E-state index in [9.17, 15) is 18.0 Å². The maximum Gasteiger partial charge on any atom is 0.433 e. The molecule has 0 bridgehead atoms. The predicted octanol–water partition coefficient (Wildman–Crippen LogP) is 2.60. The molecule has 0 aromatic carbocycles. The first-order valence-corrected chi connectivity index (χ1v) is 7.26. The molecule has 1 aliphatic rings. The summed E-state index contributed by atoms with van der Waals surface area (Å²) in [6.45, 7) is 1.45. The molecule has 4 nitrogen and oxygen atoms in total. The highest BCUT2D eigenvalue weighted by Crippen LogP contribution is 2.28. The van der Waals surface area contributed by atoms with E-state index >= 15 is 0 Å². The Hall–Kier alpha value is -1.31. The molecule has 20 heavy (non-hydrogen) atoms. The van der Waals surface area contributed by atoms with Crippen LogP contribution in [0.1, 0.15) is 25.0 Å². The Morgan fingerprint density at radius 3 is 2.65 bits per heavy atom. The van der Waals surface area contributed by atoms with Crippen molar-refractivity contribution in [1.82, 2.24) is 14.9 Å². The Morgan fingerprint density at radius 2 is 2.00 bits per heavy atom. The summed E-state index contributed by atoms with van der Waals surface area (Å²) < 4.78 is 37.4. The third-order valence-electron chi connectivity index (χ3n) is 2.96. The molecular formula is C12H14F3N3OS. The van der Waals surface area contributed by atoms with Gasteiger partial charge in [-0.2, -0.15) is 13.2 Å². The van der Waals surface area contributed by atoms with E-state index in [4.69, 9.17) is 0 Å². The van der Waals surface area contributed by atoms with Gasteiger partial charge in [0.05, 0.1) is 5.75 Å². The SMILES string of the molecule is O=C(CSc1nccc(C(F)(F)F)n1)N1CCCCC1. The number of hydrogen-bond donors (Lipinski definition) is 0. The zero-order chi connectivity index (χ0) is 14.6. The Bertz CT molecular complexity index is 475. The molecule has 0 aliphatic carbocycles. The van der Waals surface area contributed by atoms with Crippen molar-refractivity contribution in [2.45, 2.75) is 30.6 Å². The molecule has 0 radical (unpaired) electrons. The van der Waals surface area contributed by atoms with E-state index in [2.05, 4.69) is 9.97 Å². The van der Waals surface area contributed by atoms with Crippen LogP contribution in [0.5, 0.6) is 0 Å². The first kappa shape index (κ1) is 15.1. The summed E-state index contributed by atoms with van der Waals surface area (Å²) in [4.78, 5) is 20.8. The number of piperidine rings is 1. The average molecular weight is 305 g/mol. The molecule has 0 unspecified atom stereocenters. The predicted molar refractivity (Wildman–Crippen MR) is 68.2 cm³/mol. The number of nitrogens with zero attached hydrogens (tertiary/aromatic N) is 3. The van der Waals surface area contributed by atoms with Crippen molar-refractivity contribution in [2.75, 3.05) is 18.8 Å². The van der Waals surface area contributed by atoms with Crippen LogP contribution in [0.15, 0.2) is 17.4 Å². The van der Waals surface area contributed by atoms with Crippen LogP contribution < -0.4 is 0 Å². The van der Waals surface area contributed by atoms with E-state index in [0.717, 1.165) is 56.4 Å². The lowest BCUT2D eigenvalue weighted by atomic mass is 10.1. The van der Waals surface area contributed by atoms with E-state index < -0.39 is 11.9 Å². The van der Waals surface area contributed by atoms with Crippen molar-refractivity contribution in [3.63, 3.8) is 0 Å². The quantitative estimate of drug-likeness (QED) is 0.636. The number of amides is 1. The normalized spacial score (nSPS) is 16.2. The lowest BCUT2D eigenvalue weighted by molar-refractivity contribution is -0.141. The van der Waals surface area contributed by atoms with Crippen LogP contribution in [0.4, 0.5) is 13.2 Å². The van der Waals surface area contributed by atoms with Gasteiger partial charge >= 0.3 is 6.18 Å². The largest absolute Gasteiger partial charge is 0.433 e. The molecule has 1 aromatic heterocycles. The molecule has 0 atom stereocenters. The topological polar surface area (TPSA) is 46.1 Å². The van der Waals surface area contributed by atoms with E-state index in [1.54, 1.807) is 4.90 Å². The van der Waals surface area contributed by atoms with E-state index in [0.29, 0.717) is 0 Å². The maximum absolute atomic E-state index is 12.5. The molecule has 110 valence electrons.